The number of fused-ring (bicyclic) bond motifs is 1. The second-order valence-electron chi connectivity index (χ2n) is 4.73. The third-order valence-corrected chi connectivity index (χ3v) is 4.49. The molecule has 0 amide bonds. The number of hydrogen-bond donors (Lipinski definition) is 1. The van der Waals surface area contributed by atoms with Crippen LogP contribution in [0.2, 0.25) is 0 Å². The second kappa shape index (κ2) is 4.62. The average molecular weight is 224 g/mol. The van der Waals surface area contributed by atoms with E-state index in [2.05, 4.69) is 19.2 Å². The van der Waals surface area contributed by atoms with E-state index in [0.717, 1.165) is 12.5 Å². The van der Waals surface area contributed by atoms with Gasteiger partial charge in [0.25, 0.3) is 0 Å². The van der Waals surface area contributed by atoms with E-state index in [9.17, 15) is 0 Å². The second-order valence-corrected chi connectivity index (χ2v) is 5.84. The first-order valence-corrected chi connectivity index (χ1v) is 6.65. The number of aryl methyl sites for hydroxylation is 1. The first-order valence-electron chi connectivity index (χ1n) is 5.83. The fourth-order valence-corrected chi connectivity index (χ4v) is 3.49. The van der Waals surface area contributed by atoms with Gasteiger partial charge in [-0.2, -0.15) is 0 Å². The third-order valence-electron chi connectivity index (χ3n) is 3.13. The predicted molar refractivity (Wildman–Crippen MR) is 65.6 cm³/mol. The van der Waals surface area contributed by atoms with Crippen LogP contribution < -0.4 is 5.32 Å². The lowest BCUT2D eigenvalue weighted by Crippen LogP contribution is -2.14. The Labute approximate surface area is 96.1 Å². The molecule has 2 atom stereocenters. The molecular formula is C12H20N2S. The molecule has 0 aromatic carbocycles. The van der Waals surface area contributed by atoms with E-state index in [4.69, 9.17) is 4.98 Å². The van der Waals surface area contributed by atoms with Gasteiger partial charge in [-0.25, -0.2) is 4.98 Å². The fraction of sp³-hybridized carbons (Fsp3) is 0.750. The zero-order valence-corrected chi connectivity index (χ0v) is 10.7. The van der Waals surface area contributed by atoms with Gasteiger partial charge in [-0.1, -0.05) is 13.8 Å². The van der Waals surface area contributed by atoms with Crippen molar-refractivity contribution in [1.29, 1.82) is 0 Å². The van der Waals surface area contributed by atoms with Crippen molar-refractivity contribution in [1.82, 2.24) is 10.3 Å². The quantitative estimate of drug-likeness (QED) is 0.853. The zero-order chi connectivity index (χ0) is 10.8. The molecule has 0 aliphatic heterocycles. The lowest BCUT2D eigenvalue weighted by molar-refractivity contribution is 0.501. The summed E-state index contributed by atoms with van der Waals surface area (Å²) in [7, 11) is 2.01. The first kappa shape index (κ1) is 11.1. The molecule has 1 N–H and O–H groups in total. The van der Waals surface area contributed by atoms with Gasteiger partial charge in [-0.15, -0.1) is 11.3 Å². The SMILES string of the molecule is CNCC(C)c1nc2c(s1)CC(C)CC2. The molecule has 0 saturated heterocycles. The molecule has 0 fully saturated rings. The molecule has 2 nitrogen and oxygen atoms in total. The molecule has 1 aliphatic carbocycles. The van der Waals surface area contributed by atoms with Gasteiger partial charge in [-0.3, -0.25) is 0 Å². The van der Waals surface area contributed by atoms with E-state index in [1.165, 1.54) is 30.0 Å². The van der Waals surface area contributed by atoms with Crippen LogP contribution in [0.4, 0.5) is 0 Å². The summed E-state index contributed by atoms with van der Waals surface area (Å²) in [4.78, 5) is 6.33. The number of hydrogen-bond acceptors (Lipinski definition) is 3. The largest absolute Gasteiger partial charge is 0.319 e. The lowest BCUT2D eigenvalue weighted by Gasteiger charge is -2.15. The monoisotopic (exact) mass is 224 g/mol. The maximum atomic E-state index is 4.78. The van der Waals surface area contributed by atoms with E-state index in [0.29, 0.717) is 5.92 Å². The minimum Gasteiger partial charge on any atom is -0.319 e. The Balaban J connectivity index is 2.15. The molecule has 15 heavy (non-hydrogen) atoms. The van der Waals surface area contributed by atoms with Gasteiger partial charge in [0.2, 0.25) is 0 Å². The maximum Gasteiger partial charge on any atom is 0.0971 e. The number of thiazole rings is 1. The summed E-state index contributed by atoms with van der Waals surface area (Å²) in [6, 6.07) is 0. The van der Waals surface area contributed by atoms with Gasteiger partial charge >= 0.3 is 0 Å². The van der Waals surface area contributed by atoms with Gasteiger partial charge in [0.1, 0.15) is 0 Å². The average Bonchev–Trinajstić information content (AvgIpc) is 2.60. The van der Waals surface area contributed by atoms with Crippen molar-refractivity contribution in [3.05, 3.63) is 15.6 Å². The van der Waals surface area contributed by atoms with E-state index in [1.54, 1.807) is 4.88 Å². The van der Waals surface area contributed by atoms with Crippen LogP contribution in [-0.4, -0.2) is 18.6 Å². The number of rotatable bonds is 3. The van der Waals surface area contributed by atoms with Crippen LogP contribution in [0.3, 0.4) is 0 Å². The molecule has 1 aromatic heterocycles. The normalized spacial score (nSPS) is 22.5. The Kier molecular flexibility index (Phi) is 3.42. The van der Waals surface area contributed by atoms with Crippen LogP contribution in [0.5, 0.6) is 0 Å². The van der Waals surface area contributed by atoms with E-state index in [-0.39, 0.29) is 0 Å². The highest BCUT2D eigenvalue weighted by atomic mass is 32.1. The third kappa shape index (κ3) is 2.40. The van der Waals surface area contributed by atoms with E-state index < -0.39 is 0 Å². The molecule has 0 radical (unpaired) electrons. The Bertz CT molecular complexity index is 332. The van der Waals surface area contributed by atoms with Gasteiger partial charge < -0.3 is 5.32 Å². The Morgan fingerprint density at radius 2 is 2.40 bits per heavy atom. The summed E-state index contributed by atoms with van der Waals surface area (Å²) < 4.78 is 0. The Hall–Kier alpha value is -0.410. The maximum absolute atomic E-state index is 4.78. The standard InChI is InChI=1S/C12H20N2S/c1-8-4-5-10-11(6-8)15-12(14-10)9(2)7-13-3/h8-9,13H,4-7H2,1-3H3. The summed E-state index contributed by atoms with van der Waals surface area (Å²) in [5, 5.41) is 4.54. The fourth-order valence-electron chi connectivity index (χ4n) is 2.16. The Morgan fingerprint density at radius 1 is 1.60 bits per heavy atom. The van der Waals surface area contributed by atoms with Crippen molar-refractivity contribution in [2.45, 2.75) is 39.0 Å². The van der Waals surface area contributed by atoms with Crippen LogP contribution in [0.25, 0.3) is 0 Å². The first-order chi connectivity index (χ1) is 7.20. The molecule has 2 unspecified atom stereocenters. The summed E-state index contributed by atoms with van der Waals surface area (Å²) in [5.74, 6) is 1.41. The minimum absolute atomic E-state index is 0.556. The van der Waals surface area contributed by atoms with Crippen LogP contribution in [-0.2, 0) is 12.8 Å². The summed E-state index contributed by atoms with van der Waals surface area (Å²) in [5.41, 5.74) is 1.39. The van der Waals surface area contributed by atoms with Crippen molar-refractivity contribution in [2.24, 2.45) is 5.92 Å². The number of likely N-dealkylation sites (N-methyl/N-ethyl adjacent to an activating group) is 1. The lowest BCUT2D eigenvalue weighted by atomic mass is 9.93. The van der Waals surface area contributed by atoms with Crippen LogP contribution in [0.1, 0.15) is 41.8 Å². The van der Waals surface area contributed by atoms with Gasteiger partial charge in [0.05, 0.1) is 10.7 Å². The van der Waals surface area contributed by atoms with Gasteiger partial charge in [0, 0.05) is 17.3 Å². The predicted octanol–water partition coefficient (Wildman–Crippen LogP) is 2.59. The zero-order valence-electron chi connectivity index (χ0n) is 9.84. The molecule has 1 aromatic rings. The van der Waals surface area contributed by atoms with E-state index in [1.807, 2.05) is 18.4 Å². The Morgan fingerprint density at radius 3 is 3.13 bits per heavy atom. The molecule has 84 valence electrons. The van der Waals surface area contributed by atoms with E-state index >= 15 is 0 Å². The topological polar surface area (TPSA) is 24.9 Å². The number of nitrogens with zero attached hydrogens (tertiary/aromatic N) is 1. The highest BCUT2D eigenvalue weighted by molar-refractivity contribution is 7.11. The van der Waals surface area contributed by atoms with Crippen LogP contribution >= 0.6 is 11.3 Å². The number of aromatic nitrogens is 1. The van der Waals surface area contributed by atoms with Crippen molar-refractivity contribution < 1.29 is 0 Å². The highest BCUT2D eigenvalue weighted by Gasteiger charge is 2.21. The summed E-state index contributed by atoms with van der Waals surface area (Å²) in [6.45, 7) is 5.63. The molecule has 0 saturated carbocycles. The smallest absolute Gasteiger partial charge is 0.0971 e. The van der Waals surface area contributed by atoms with Crippen molar-refractivity contribution in [3.63, 3.8) is 0 Å². The van der Waals surface area contributed by atoms with Crippen LogP contribution in [0.15, 0.2) is 0 Å². The van der Waals surface area contributed by atoms with Gasteiger partial charge in [-0.05, 0) is 32.2 Å². The molecule has 1 aliphatic rings. The summed E-state index contributed by atoms with van der Waals surface area (Å²) in [6.07, 6.45) is 3.76. The van der Waals surface area contributed by atoms with Crippen molar-refractivity contribution >= 4 is 11.3 Å². The van der Waals surface area contributed by atoms with Crippen LogP contribution in [0, 0.1) is 5.92 Å². The molecular weight excluding hydrogens is 204 g/mol. The minimum atomic E-state index is 0.556. The molecule has 0 spiro atoms. The van der Waals surface area contributed by atoms with Gasteiger partial charge in [0.15, 0.2) is 0 Å². The molecule has 3 heteroatoms. The molecule has 2 rings (SSSR count). The summed E-state index contributed by atoms with van der Waals surface area (Å²) >= 11 is 1.94. The molecule has 1 heterocycles. The van der Waals surface area contributed by atoms with Crippen molar-refractivity contribution in [2.75, 3.05) is 13.6 Å². The number of nitrogens with one attached hydrogen (secondary N) is 1. The van der Waals surface area contributed by atoms with Crippen molar-refractivity contribution in [3.8, 4) is 0 Å². The highest BCUT2D eigenvalue weighted by Crippen LogP contribution is 2.32. The molecule has 0 bridgehead atoms.